The summed E-state index contributed by atoms with van der Waals surface area (Å²) in [5.74, 6) is 0.177. The second kappa shape index (κ2) is 8.54. The molecular formula is C22H23N3O2S. The highest BCUT2D eigenvalue weighted by atomic mass is 32.1. The lowest BCUT2D eigenvalue weighted by atomic mass is 9.87. The van der Waals surface area contributed by atoms with Crippen molar-refractivity contribution in [3.63, 3.8) is 0 Å². The number of benzene rings is 2. The van der Waals surface area contributed by atoms with E-state index < -0.39 is 6.10 Å². The summed E-state index contributed by atoms with van der Waals surface area (Å²) >= 11 is 1.43. The van der Waals surface area contributed by atoms with Crippen LogP contribution in [0.1, 0.15) is 24.5 Å². The molecule has 0 spiro atoms. The topological polar surface area (TPSA) is 65.5 Å². The minimum absolute atomic E-state index is 0.124. The van der Waals surface area contributed by atoms with Crippen LogP contribution in [0, 0.1) is 5.92 Å². The van der Waals surface area contributed by atoms with Gasteiger partial charge in [0.2, 0.25) is 0 Å². The Kier molecular flexibility index (Phi) is 5.69. The van der Waals surface area contributed by atoms with Crippen LogP contribution >= 0.6 is 11.3 Å². The van der Waals surface area contributed by atoms with E-state index in [1.54, 1.807) is 4.90 Å². The number of rotatable bonds is 4. The number of urea groups is 1. The number of hydrogen-bond acceptors (Lipinski definition) is 4. The van der Waals surface area contributed by atoms with Crippen LogP contribution in [0.5, 0.6) is 0 Å². The second-order valence-corrected chi connectivity index (χ2v) is 7.87. The molecule has 0 bridgehead atoms. The summed E-state index contributed by atoms with van der Waals surface area (Å²) in [6.07, 6.45) is 1.10. The van der Waals surface area contributed by atoms with Crippen molar-refractivity contribution in [2.24, 2.45) is 5.92 Å². The fraction of sp³-hybridized carbons (Fsp3) is 0.273. The van der Waals surface area contributed by atoms with Gasteiger partial charge in [-0.3, -0.25) is 5.32 Å². The zero-order valence-corrected chi connectivity index (χ0v) is 16.3. The van der Waals surface area contributed by atoms with Crippen molar-refractivity contribution in [3.8, 4) is 11.3 Å². The summed E-state index contributed by atoms with van der Waals surface area (Å²) in [6.45, 7) is 1.27. The summed E-state index contributed by atoms with van der Waals surface area (Å²) in [7, 11) is 0. The minimum atomic E-state index is -0.473. The van der Waals surface area contributed by atoms with Crippen LogP contribution in [0.3, 0.4) is 0 Å². The molecule has 28 heavy (non-hydrogen) atoms. The molecule has 1 fully saturated rings. The molecular weight excluding hydrogens is 370 g/mol. The van der Waals surface area contributed by atoms with Gasteiger partial charge in [-0.25, -0.2) is 9.78 Å². The number of nitrogens with zero attached hydrogens (tertiary/aromatic N) is 2. The maximum Gasteiger partial charge on any atom is 0.323 e. The van der Waals surface area contributed by atoms with Crippen molar-refractivity contribution in [2.45, 2.75) is 18.9 Å². The van der Waals surface area contributed by atoms with Gasteiger partial charge in [0.25, 0.3) is 0 Å². The normalized spacial score (nSPS) is 16.0. The Morgan fingerprint density at radius 1 is 1.07 bits per heavy atom. The number of aliphatic hydroxyl groups excluding tert-OH is 1. The van der Waals surface area contributed by atoms with Crippen LogP contribution in [0.4, 0.5) is 9.93 Å². The fourth-order valence-corrected chi connectivity index (χ4v) is 4.29. The molecule has 0 radical (unpaired) electrons. The molecule has 2 N–H and O–H groups in total. The predicted molar refractivity (Wildman–Crippen MR) is 112 cm³/mol. The quantitative estimate of drug-likeness (QED) is 0.670. The molecule has 144 valence electrons. The first-order valence-corrected chi connectivity index (χ1v) is 10.4. The van der Waals surface area contributed by atoms with E-state index in [-0.39, 0.29) is 11.9 Å². The number of nitrogens with one attached hydrogen (secondary N) is 1. The van der Waals surface area contributed by atoms with Gasteiger partial charge < -0.3 is 10.0 Å². The molecule has 5 nitrogen and oxygen atoms in total. The highest BCUT2D eigenvalue weighted by Crippen LogP contribution is 2.31. The van der Waals surface area contributed by atoms with Gasteiger partial charge in [0.05, 0.1) is 11.8 Å². The Morgan fingerprint density at radius 3 is 2.39 bits per heavy atom. The zero-order valence-electron chi connectivity index (χ0n) is 15.5. The highest BCUT2D eigenvalue weighted by molar-refractivity contribution is 7.14. The maximum absolute atomic E-state index is 12.6. The summed E-state index contributed by atoms with van der Waals surface area (Å²) in [5, 5.41) is 16.1. The first-order valence-electron chi connectivity index (χ1n) is 9.50. The average molecular weight is 394 g/mol. The van der Waals surface area contributed by atoms with Crippen molar-refractivity contribution < 1.29 is 9.90 Å². The molecule has 0 aliphatic carbocycles. The predicted octanol–water partition coefficient (Wildman–Crippen LogP) is 4.79. The number of carbonyl (C=O) groups is 1. The van der Waals surface area contributed by atoms with E-state index in [0.717, 1.165) is 29.7 Å². The van der Waals surface area contributed by atoms with Gasteiger partial charge in [-0.1, -0.05) is 60.7 Å². The second-order valence-electron chi connectivity index (χ2n) is 7.01. The Balaban J connectivity index is 1.32. The van der Waals surface area contributed by atoms with Gasteiger partial charge in [-0.05, 0) is 24.3 Å². The van der Waals surface area contributed by atoms with Gasteiger partial charge in [-0.15, -0.1) is 11.3 Å². The Morgan fingerprint density at radius 2 is 1.71 bits per heavy atom. The lowest BCUT2D eigenvalue weighted by Gasteiger charge is -2.34. The van der Waals surface area contributed by atoms with E-state index in [1.165, 1.54) is 11.3 Å². The van der Waals surface area contributed by atoms with Crippen LogP contribution in [0.2, 0.25) is 0 Å². The zero-order chi connectivity index (χ0) is 19.3. The van der Waals surface area contributed by atoms with E-state index in [0.29, 0.717) is 18.2 Å². The lowest BCUT2D eigenvalue weighted by molar-refractivity contribution is 0.0683. The molecule has 1 aromatic heterocycles. The van der Waals surface area contributed by atoms with Gasteiger partial charge in [0.1, 0.15) is 0 Å². The molecule has 1 unspecified atom stereocenters. The van der Waals surface area contributed by atoms with E-state index in [4.69, 9.17) is 0 Å². The molecule has 2 heterocycles. The molecule has 3 aromatic rings. The number of anilines is 1. The number of aliphatic hydroxyl groups is 1. The van der Waals surface area contributed by atoms with Crippen LogP contribution in [-0.2, 0) is 0 Å². The summed E-state index contributed by atoms with van der Waals surface area (Å²) in [4.78, 5) is 18.9. The molecule has 6 heteroatoms. The lowest BCUT2D eigenvalue weighted by Crippen LogP contribution is -2.42. The first-order chi connectivity index (χ1) is 13.7. The van der Waals surface area contributed by atoms with Crippen molar-refractivity contribution in [2.75, 3.05) is 18.4 Å². The number of likely N-dealkylation sites (tertiary alicyclic amines) is 1. The summed E-state index contributed by atoms with van der Waals surface area (Å²) in [5.41, 5.74) is 2.85. The molecule has 2 amide bonds. The fourth-order valence-electron chi connectivity index (χ4n) is 3.58. The van der Waals surface area contributed by atoms with E-state index >= 15 is 0 Å². The third kappa shape index (κ3) is 4.24. The van der Waals surface area contributed by atoms with E-state index in [2.05, 4.69) is 10.3 Å². The number of carbonyl (C=O) groups excluding carboxylic acids is 1. The largest absolute Gasteiger partial charge is 0.388 e. The Bertz CT molecular complexity index is 906. The van der Waals surface area contributed by atoms with Gasteiger partial charge >= 0.3 is 6.03 Å². The first kappa shape index (κ1) is 18.7. The van der Waals surface area contributed by atoms with Crippen molar-refractivity contribution in [1.29, 1.82) is 0 Å². The highest BCUT2D eigenvalue weighted by Gasteiger charge is 2.28. The SMILES string of the molecule is O=C(Nc1nc(-c2ccccc2)cs1)N1CCC(C(O)c2ccccc2)CC1. The molecule has 0 saturated carbocycles. The van der Waals surface area contributed by atoms with E-state index in [1.807, 2.05) is 66.0 Å². The minimum Gasteiger partial charge on any atom is -0.388 e. The molecule has 4 rings (SSSR count). The summed E-state index contributed by atoms with van der Waals surface area (Å²) in [6, 6.07) is 19.5. The molecule has 1 saturated heterocycles. The molecule has 1 aliphatic heterocycles. The third-order valence-electron chi connectivity index (χ3n) is 5.20. The van der Waals surface area contributed by atoms with Crippen molar-refractivity contribution in [3.05, 3.63) is 71.6 Å². The van der Waals surface area contributed by atoms with Gasteiger partial charge in [0.15, 0.2) is 5.13 Å². The number of thiazole rings is 1. The number of aromatic nitrogens is 1. The van der Waals surface area contributed by atoms with Crippen LogP contribution in [0.15, 0.2) is 66.0 Å². The maximum atomic E-state index is 12.6. The monoisotopic (exact) mass is 393 g/mol. The van der Waals surface area contributed by atoms with Gasteiger partial charge in [-0.2, -0.15) is 0 Å². The standard InChI is InChI=1S/C22H23N3O2S/c26-20(17-9-5-2-6-10-17)18-11-13-25(14-12-18)22(27)24-21-23-19(15-28-21)16-7-3-1-4-8-16/h1-10,15,18,20,26H,11-14H2,(H,23,24,27). The summed E-state index contributed by atoms with van der Waals surface area (Å²) < 4.78 is 0. The van der Waals surface area contributed by atoms with Crippen LogP contribution in [-0.4, -0.2) is 34.1 Å². The van der Waals surface area contributed by atoms with Crippen LogP contribution < -0.4 is 5.32 Å². The Labute approximate surface area is 168 Å². The Hall–Kier alpha value is -2.70. The van der Waals surface area contributed by atoms with Crippen LogP contribution in [0.25, 0.3) is 11.3 Å². The average Bonchev–Trinajstić information content (AvgIpc) is 3.23. The van der Waals surface area contributed by atoms with Crippen molar-refractivity contribution >= 4 is 22.5 Å². The smallest absolute Gasteiger partial charge is 0.323 e. The third-order valence-corrected chi connectivity index (χ3v) is 5.96. The van der Waals surface area contributed by atoms with E-state index in [9.17, 15) is 9.90 Å². The number of amides is 2. The van der Waals surface area contributed by atoms with Gasteiger partial charge in [0, 0.05) is 24.0 Å². The molecule has 1 aliphatic rings. The van der Waals surface area contributed by atoms with Crippen molar-refractivity contribution in [1.82, 2.24) is 9.88 Å². The molecule has 2 aromatic carbocycles. The number of hydrogen-bond donors (Lipinski definition) is 2. The number of piperidine rings is 1. The molecule has 1 atom stereocenters.